The highest BCUT2D eigenvalue weighted by atomic mass is 35.5. The Labute approximate surface area is 115 Å². The minimum atomic E-state index is -0.698. The van der Waals surface area contributed by atoms with Gasteiger partial charge in [0, 0.05) is 18.9 Å². The molecule has 1 rings (SSSR count). The van der Waals surface area contributed by atoms with Crippen LogP contribution in [0.25, 0.3) is 0 Å². The molecule has 0 amide bonds. The molecule has 4 nitrogen and oxygen atoms in total. The number of imidazole rings is 1. The quantitative estimate of drug-likeness (QED) is 0.740. The fraction of sp³-hybridized carbons (Fsp3) is 0.692. The lowest BCUT2D eigenvalue weighted by Gasteiger charge is -2.18. The van der Waals surface area contributed by atoms with E-state index in [-0.39, 0.29) is 12.4 Å². The first-order chi connectivity index (χ1) is 8.02. The number of carbonyl (C=O) groups is 1. The topological polar surface area (TPSA) is 55.1 Å². The van der Waals surface area contributed by atoms with Crippen molar-refractivity contribution in [1.29, 1.82) is 0 Å². The van der Waals surface area contributed by atoms with Gasteiger partial charge in [0.2, 0.25) is 0 Å². The monoisotopic (exact) mass is 274 g/mol. The van der Waals surface area contributed by atoms with Gasteiger partial charge in [0.1, 0.15) is 0 Å². The van der Waals surface area contributed by atoms with Crippen molar-refractivity contribution in [3.8, 4) is 0 Å². The highest BCUT2D eigenvalue weighted by molar-refractivity contribution is 5.85. The number of aromatic nitrogens is 2. The van der Waals surface area contributed by atoms with Crippen molar-refractivity contribution in [3.63, 3.8) is 0 Å². The van der Waals surface area contributed by atoms with Crippen LogP contribution in [-0.4, -0.2) is 20.6 Å². The lowest BCUT2D eigenvalue weighted by molar-refractivity contribution is -0.147. The van der Waals surface area contributed by atoms with Gasteiger partial charge in [-0.3, -0.25) is 4.79 Å². The minimum absolute atomic E-state index is 0. The summed E-state index contributed by atoms with van der Waals surface area (Å²) in [7, 11) is 0. The second-order valence-electron chi connectivity index (χ2n) is 5.15. The average molecular weight is 275 g/mol. The first-order valence-electron chi connectivity index (χ1n) is 6.21. The second kappa shape index (κ2) is 8.14. The molecule has 18 heavy (non-hydrogen) atoms. The summed E-state index contributed by atoms with van der Waals surface area (Å²) in [6.07, 6.45) is 10.7. The smallest absolute Gasteiger partial charge is 0.309 e. The number of aryl methyl sites for hydroxylation is 1. The van der Waals surface area contributed by atoms with Crippen LogP contribution in [0.15, 0.2) is 18.7 Å². The van der Waals surface area contributed by atoms with E-state index in [4.69, 9.17) is 5.11 Å². The maximum atomic E-state index is 10.9. The van der Waals surface area contributed by atoms with Gasteiger partial charge in [-0.15, -0.1) is 12.4 Å². The minimum Gasteiger partial charge on any atom is -0.481 e. The first-order valence-corrected chi connectivity index (χ1v) is 6.21. The number of nitrogens with zero attached hydrogens (tertiary/aromatic N) is 2. The molecule has 0 saturated heterocycles. The molecule has 1 heterocycles. The molecule has 0 fully saturated rings. The predicted molar refractivity (Wildman–Crippen MR) is 74.0 cm³/mol. The van der Waals surface area contributed by atoms with E-state index in [2.05, 4.69) is 9.55 Å². The van der Waals surface area contributed by atoms with Crippen LogP contribution in [0.4, 0.5) is 0 Å². The number of hydrogen-bond acceptors (Lipinski definition) is 2. The molecule has 0 saturated carbocycles. The van der Waals surface area contributed by atoms with Gasteiger partial charge in [0.15, 0.2) is 0 Å². The molecule has 0 aliphatic rings. The number of hydrogen-bond donors (Lipinski definition) is 1. The van der Waals surface area contributed by atoms with Crippen molar-refractivity contribution in [2.24, 2.45) is 5.41 Å². The third-order valence-corrected chi connectivity index (χ3v) is 3.11. The van der Waals surface area contributed by atoms with Crippen LogP contribution in [0.3, 0.4) is 0 Å². The highest BCUT2D eigenvalue weighted by Gasteiger charge is 2.25. The van der Waals surface area contributed by atoms with Crippen molar-refractivity contribution < 1.29 is 9.90 Å². The third-order valence-electron chi connectivity index (χ3n) is 3.11. The molecule has 0 aromatic carbocycles. The van der Waals surface area contributed by atoms with Crippen LogP contribution >= 0.6 is 12.4 Å². The molecule has 1 aromatic heterocycles. The van der Waals surface area contributed by atoms with E-state index in [1.54, 1.807) is 20.0 Å². The molecule has 0 atom stereocenters. The zero-order valence-electron chi connectivity index (χ0n) is 11.1. The Morgan fingerprint density at radius 2 is 1.94 bits per heavy atom. The zero-order valence-corrected chi connectivity index (χ0v) is 11.9. The van der Waals surface area contributed by atoms with Crippen LogP contribution in [0, 0.1) is 5.41 Å². The molecule has 104 valence electrons. The number of carboxylic acids is 1. The third kappa shape index (κ3) is 6.05. The number of aliphatic carboxylic acids is 1. The van der Waals surface area contributed by atoms with Gasteiger partial charge in [-0.1, -0.05) is 19.3 Å². The Bertz CT molecular complexity index is 337. The van der Waals surface area contributed by atoms with E-state index >= 15 is 0 Å². The summed E-state index contributed by atoms with van der Waals surface area (Å²) >= 11 is 0. The summed E-state index contributed by atoms with van der Waals surface area (Å²) < 4.78 is 2.07. The lowest BCUT2D eigenvalue weighted by Crippen LogP contribution is -2.23. The molecular formula is C13H23ClN2O2. The average Bonchev–Trinajstić information content (AvgIpc) is 2.75. The van der Waals surface area contributed by atoms with Crippen LogP contribution in [0.5, 0.6) is 0 Å². The Balaban J connectivity index is 0.00000289. The van der Waals surface area contributed by atoms with Gasteiger partial charge in [-0.25, -0.2) is 4.98 Å². The number of carboxylic acid groups (broad SMARTS) is 1. The van der Waals surface area contributed by atoms with Gasteiger partial charge in [-0.2, -0.15) is 0 Å². The number of unbranched alkanes of at least 4 members (excludes halogenated alkanes) is 3. The summed E-state index contributed by atoms with van der Waals surface area (Å²) in [6.45, 7) is 4.59. The summed E-state index contributed by atoms with van der Waals surface area (Å²) in [5.41, 5.74) is -0.579. The second-order valence-corrected chi connectivity index (χ2v) is 5.15. The summed E-state index contributed by atoms with van der Waals surface area (Å²) in [5.74, 6) is -0.698. The van der Waals surface area contributed by atoms with Crippen molar-refractivity contribution in [2.75, 3.05) is 0 Å². The summed E-state index contributed by atoms with van der Waals surface area (Å²) in [6, 6.07) is 0. The molecule has 0 unspecified atom stereocenters. The van der Waals surface area contributed by atoms with Gasteiger partial charge in [0.25, 0.3) is 0 Å². The van der Waals surface area contributed by atoms with E-state index in [0.29, 0.717) is 0 Å². The van der Waals surface area contributed by atoms with Crippen molar-refractivity contribution in [3.05, 3.63) is 18.7 Å². The van der Waals surface area contributed by atoms with E-state index in [0.717, 1.165) is 38.6 Å². The Morgan fingerprint density at radius 3 is 2.50 bits per heavy atom. The molecule has 1 aromatic rings. The van der Waals surface area contributed by atoms with Crippen molar-refractivity contribution in [2.45, 2.75) is 52.5 Å². The van der Waals surface area contributed by atoms with E-state index in [9.17, 15) is 4.79 Å². The summed E-state index contributed by atoms with van der Waals surface area (Å²) in [4.78, 5) is 14.9. The lowest BCUT2D eigenvalue weighted by atomic mass is 9.87. The normalized spacial score (nSPS) is 11.0. The highest BCUT2D eigenvalue weighted by Crippen LogP contribution is 2.23. The Kier molecular flexibility index (Phi) is 7.67. The van der Waals surface area contributed by atoms with Crippen LogP contribution in [0.2, 0.25) is 0 Å². The van der Waals surface area contributed by atoms with Crippen LogP contribution in [-0.2, 0) is 11.3 Å². The maximum Gasteiger partial charge on any atom is 0.309 e. The Morgan fingerprint density at radius 1 is 1.28 bits per heavy atom. The van der Waals surface area contributed by atoms with E-state index < -0.39 is 11.4 Å². The van der Waals surface area contributed by atoms with Gasteiger partial charge >= 0.3 is 5.97 Å². The standard InChI is InChI=1S/C13H22N2O2.ClH/c1-13(2,12(16)17)7-5-3-4-6-9-15-10-8-14-11-15;/h8,10-11H,3-7,9H2,1-2H3,(H,16,17);1H. The van der Waals surface area contributed by atoms with Crippen molar-refractivity contribution >= 4 is 18.4 Å². The SMILES string of the molecule is CC(C)(CCCCCCn1ccnc1)C(=O)O.Cl. The van der Waals surface area contributed by atoms with E-state index in [1.165, 1.54) is 0 Å². The zero-order chi connectivity index (χ0) is 12.7. The molecular weight excluding hydrogens is 252 g/mol. The fourth-order valence-corrected chi connectivity index (χ4v) is 1.74. The maximum absolute atomic E-state index is 10.9. The van der Waals surface area contributed by atoms with Gasteiger partial charge < -0.3 is 9.67 Å². The summed E-state index contributed by atoms with van der Waals surface area (Å²) in [5, 5.41) is 8.96. The molecule has 0 radical (unpaired) electrons. The molecule has 0 spiro atoms. The molecule has 1 N–H and O–H groups in total. The van der Waals surface area contributed by atoms with Gasteiger partial charge in [-0.05, 0) is 26.7 Å². The molecule has 0 aliphatic heterocycles. The number of rotatable bonds is 8. The van der Waals surface area contributed by atoms with Crippen LogP contribution in [0.1, 0.15) is 46.0 Å². The predicted octanol–water partition coefficient (Wildman–Crippen LogP) is 3.37. The molecule has 0 aliphatic carbocycles. The van der Waals surface area contributed by atoms with E-state index in [1.807, 2.05) is 12.5 Å². The molecule has 0 bridgehead atoms. The largest absolute Gasteiger partial charge is 0.481 e. The Hall–Kier alpha value is -1.03. The van der Waals surface area contributed by atoms with Crippen LogP contribution < -0.4 is 0 Å². The number of halogens is 1. The first kappa shape index (κ1) is 17.0. The van der Waals surface area contributed by atoms with Crippen molar-refractivity contribution in [1.82, 2.24) is 9.55 Å². The molecule has 5 heteroatoms. The fourth-order valence-electron chi connectivity index (χ4n) is 1.74. The van der Waals surface area contributed by atoms with Gasteiger partial charge in [0.05, 0.1) is 11.7 Å².